The number of aryl methyl sites for hydroxylation is 1. The summed E-state index contributed by atoms with van der Waals surface area (Å²) in [5.41, 5.74) is 4.16. The van der Waals surface area contributed by atoms with Gasteiger partial charge in [-0.2, -0.15) is 0 Å². The fourth-order valence-corrected chi connectivity index (χ4v) is 3.49. The second kappa shape index (κ2) is 12.3. The van der Waals surface area contributed by atoms with Crippen molar-refractivity contribution in [2.24, 2.45) is 0 Å². The van der Waals surface area contributed by atoms with Gasteiger partial charge in [-0.1, -0.05) is 60.7 Å². The van der Waals surface area contributed by atoms with E-state index in [1.54, 1.807) is 37.5 Å². The highest BCUT2D eigenvalue weighted by atomic mass is 16.5. The normalized spacial score (nSPS) is 10.7. The molecule has 0 N–H and O–H groups in total. The number of ether oxygens (including phenoxy) is 4. The molecule has 0 bridgehead atoms. The third-order valence-corrected chi connectivity index (χ3v) is 5.53. The molecule has 0 aromatic heterocycles. The molecule has 0 aliphatic rings. The molecule has 0 unspecified atom stereocenters. The van der Waals surface area contributed by atoms with Crippen molar-refractivity contribution in [1.29, 1.82) is 0 Å². The van der Waals surface area contributed by atoms with E-state index in [2.05, 4.69) is 13.0 Å². The minimum atomic E-state index is -0.480. The first-order valence-corrected chi connectivity index (χ1v) is 11.6. The van der Waals surface area contributed by atoms with Crippen LogP contribution in [0.3, 0.4) is 0 Å². The zero-order valence-corrected chi connectivity index (χ0v) is 20.3. The monoisotopic (exact) mass is 480 g/mol. The molecule has 0 atom stereocenters. The summed E-state index contributed by atoms with van der Waals surface area (Å²) in [4.78, 5) is 12.3. The third kappa shape index (κ3) is 7.00. The Balaban J connectivity index is 1.30. The molecular weight excluding hydrogens is 452 g/mol. The second-order valence-electron chi connectivity index (χ2n) is 8.13. The van der Waals surface area contributed by atoms with Crippen LogP contribution in [0.2, 0.25) is 0 Å². The molecule has 0 saturated heterocycles. The molecule has 0 spiro atoms. The summed E-state index contributed by atoms with van der Waals surface area (Å²) in [6.07, 6.45) is 3.05. The van der Waals surface area contributed by atoms with Crippen LogP contribution in [-0.4, -0.2) is 13.1 Å². The van der Waals surface area contributed by atoms with Gasteiger partial charge in [-0.25, -0.2) is 4.79 Å². The number of hydrogen-bond donors (Lipinski definition) is 0. The molecular formula is C31H28O5. The van der Waals surface area contributed by atoms with Crippen LogP contribution in [0.1, 0.15) is 22.3 Å². The smallest absolute Gasteiger partial charge is 0.336 e. The number of benzene rings is 4. The first-order valence-electron chi connectivity index (χ1n) is 11.6. The van der Waals surface area contributed by atoms with Gasteiger partial charge >= 0.3 is 5.97 Å². The molecule has 0 radical (unpaired) electrons. The van der Waals surface area contributed by atoms with Crippen molar-refractivity contribution >= 4 is 12.0 Å². The van der Waals surface area contributed by atoms with E-state index in [0.29, 0.717) is 36.2 Å². The number of methoxy groups -OCH3 is 1. The van der Waals surface area contributed by atoms with Crippen molar-refractivity contribution < 1.29 is 23.7 Å². The molecule has 182 valence electrons. The Morgan fingerprint density at radius 3 is 2.22 bits per heavy atom. The molecule has 36 heavy (non-hydrogen) atoms. The highest BCUT2D eigenvalue weighted by Gasteiger charge is 2.07. The van der Waals surface area contributed by atoms with E-state index < -0.39 is 5.97 Å². The van der Waals surface area contributed by atoms with Gasteiger partial charge in [0.1, 0.15) is 24.7 Å². The van der Waals surface area contributed by atoms with Gasteiger partial charge in [-0.05, 0) is 71.7 Å². The zero-order chi connectivity index (χ0) is 25.2. The Labute approximate surface area is 211 Å². The summed E-state index contributed by atoms with van der Waals surface area (Å²) in [5.74, 6) is 1.88. The van der Waals surface area contributed by atoms with Gasteiger partial charge in [0.15, 0.2) is 11.5 Å². The van der Waals surface area contributed by atoms with Crippen molar-refractivity contribution in [2.45, 2.75) is 20.1 Å². The van der Waals surface area contributed by atoms with Crippen LogP contribution in [0.15, 0.2) is 103 Å². The van der Waals surface area contributed by atoms with E-state index in [9.17, 15) is 4.79 Å². The quantitative estimate of drug-likeness (QED) is 0.142. The molecule has 4 aromatic carbocycles. The van der Waals surface area contributed by atoms with E-state index in [0.717, 1.165) is 16.7 Å². The Bertz CT molecular complexity index is 1310. The summed E-state index contributed by atoms with van der Waals surface area (Å²) in [6, 6.07) is 30.5. The van der Waals surface area contributed by atoms with Crippen molar-refractivity contribution in [3.63, 3.8) is 0 Å². The van der Waals surface area contributed by atoms with Crippen LogP contribution in [0.5, 0.6) is 23.0 Å². The van der Waals surface area contributed by atoms with Crippen LogP contribution in [0.4, 0.5) is 0 Å². The van der Waals surface area contributed by atoms with Gasteiger partial charge in [-0.15, -0.1) is 0 Å². The van der Waals surface area contributed by atoms with Gasteiger partial charge in [0.25, 0.3) is 0 Å². The Morgan fingerprint density at radius 1 is 0.750 bits per heavy atom. The summed E-state index contributed by atoms with van der Waals surface area (Å²) in [5, 5.41) is 0. The van der Waals surface area contributed by atoms with Gasteiger partial charge in [0.2, 0.25) is 0 Å². The molecule has 0 aliphatic heterocycles. The van der Waals surface area contributed by atoms with Crippen LogP contribution >= 0.6 is 0 Å². The minimum Gasteiger partial charge on any atom is -0.493 e. The molecule has 4 rings (SSSR count). The van der Waals surface area contributed by atoms with E-state index in [-0.39, 0.29) is 0 Å². The molecule has 0 aliphatic carbocycles. The second-order valence-corrected chi connectivity index (χ2v) is 8.13. The number of rotatable bonds is 10. The first-order chi connectivity index (χ1) is 17.6. The average molecular weight is 481 g/mol. The van der Waals surface area contributed by atoms with Gasteiger partial charge in [0, 0.05) is 6.08 Å². The highest BCUT2D eigenvalue weighted by Crippen LogP contribution is 2.29. The minimum absolute atomic E-state index is 0.439. The summed E-state index contributed by atoms with van der Waals surface area (Å²) < 4.78 is 22.6. The molecule has 5 nitrogen and oxygen atoms in total. The lowest BCUT2D eigenvalue weighted by Crippen LogP contribution is -2.03. The van der Waals surface area contributed by atoms with Crippen molar-refractivity contribution in [3.05, 3.63) is 125 Å². The average Bonchev–Trinajstić information content (AvgIpc) is 2.92. The lowest BCUT2D eigenvalue weighted by atomic mass is 10.1. The van der Waals surface area contributed by atoms with E-state index >= 15 is 0 Å². The van der Waals surface area contributed by atoms with E-state index in [4.69, 9.17) is 18.9 Å². The number of carbonyl (C=O) groups excluding carboxylic acids is 1. The van der Waals surface area contributed by atoms with Crippen LogP contribution in [0.25, 0.3) is 6.08 Å². The number of carbonyl (C=O) groups is 1. The largest absolute Gasteiger partial charge is 0.493 e. The number of hydrogen-bond acceptors (Lipinski definition) is 5. The fourth-order valence-electron chi connectivity index (χ4n) is 3.49. The van der Waals surface area contributed by atoms with E-state index in [1.807, 2.05) is 66.7 Å². The van der Waals surface area contributed by atoms with Crippen LogP contribution in [-0.2, 0) is 18.0 Å². The van der Waals surface area contributed by atoms with Crippen molar-refractivity contribution in [1.82, 2.24) is 0 Å². The topological polar surface area (TPSA) is 54.0 Å². The molecule has 0 amide bonds. The molecule has 4 aromatic rings. The standard InChI is InChI=1S/C31H28O5/c1-23-8-6-7-11-26(23)22-35-29-18-12-24(20-30(29)33-2)13-19-31(32)36-28-16-14-27(15-17-28)34-21-25-9-4-3-5-10-25/h3-20H,21-22H2,1-2H3/b19-13+. The summed E-state index contributed by atoms with van der Waals surface area (Å²) in [6.45, 7) is 2.97. The highest BCUT2D eigenvalue weighted by molar-refractivity contribution is 5.88. The maximum atomic E-state index is 12.3. The lowest BCUT2D eigenvalue weighted by molar-refractivity contribution is -0.128. The maximum absolute atomic E-state index is 12.3. The first kappa shape index (κ1) is 24.6. The van der Waals surface area contributed by atoms with Crippen molar-refractivity contribution in [2.75, 3.05) is 7.11 Å². The molecule has 0 fully saturated rings. The summed E-state index contributed by atoms with van der Waals surface area (Å²) in [7, 11) is 1.59. The van der Waals surface area contributed by atoms with Crippen LogP contribution in [0, 0.1) is 6.92 Å². The van der Waals surface area contributed by atoms with E-state index in [1.165, 1.54) is 11.6 Å². The predicted molar refractivity (Wildman–Crippen MR) is 140 cm³/mol. The molecule has 5 heteroatoms. The van der Waals surface area contributed by atoms with Gasteiger partial charge in [0.05, 0.1) is 7.11 Å². The predicted octanol–water partition coefficient (Wildman–Crippen LogP) is 6.78. The van der Waals surface area contributed by atoms with Crippen LogP contribution < -0.4 is 18.9 Å². The Morgan fingerprint density at radius 2 is 1.47 bits per heavy atom. The Kier molecular flexibility index (Phi) is 8.39. The number of esters is 1. The van der Waals surface area contributed by atoms with Crippen molar-refractivity contribution in [3.8, 4) is 23.0 Å². The molecule has 0 heterocycles. The third-order valence-electron chi connectivity index (χ3n) is 5.53. The Hall–Kier alpha value is -4.51. The summed E-state index contributed by atoms with van der Waals surface area (Å²) >= 11 is 0. The SMILES string of the molecule is COc1cc(/C=C/C(=O)Oc2ccc(OCc3ccccc3)cc2)ccc1OCc1ccccc1C. The maximum Gasteiger partial charge on any atom is 0.336 e. The fraction of sp³-hybridized carbons (Fsp3) is 0.129. The van der Waals surface area contributed by atoms with Gasteiger partial charge in [-0.3, -0.25) is 0 Å². The lowest BCUT2D eigenvalue weighted by Gasteiger charge is -2.12. The zero-order valence-electron chi connectivity index (χ0n) is 20.3. The van der Waals surface area contributed by atoms with Gasteiger partial charge < -0.3 is 18.9 Å². The molecule has 0 saturated carbocycles.